The Morgan fingerprint density at radius 3 is 2.52 bits per heavy atom. The van der Waals surface area contributed by atoms with Crippen molar-refractivity contribution >= 4 is 17.5 Å². The third-order valence-corrected chi connectivity index (χ3v) is 4.26. The van der Waals surface area contributed by atoms with E-state index in [9.17, 15) is 9.59 Å². The van der Waals surface area contributed by atoms with E-state index in [-0.39, 0.29) is 24.4 Å². The first kappa shape index (κ1) is 18.9. The molecule has 2 amide bonds. The third-order valence-electron chi connectivity index (χ3n) is 4.26. The average molecular weight is 367 g/mol. The summed E-state index contributed by atoms with van der Waals surface area (Å²) in [5, 5.41) is 5.79. The zero-order valence-corrected chi connectivity index (χ0v) is 15.5. The van der Waals surface area contributed by atoms with Gasteiger partial charge >= 0.3 is 0 Å². The van der Waals surface area contributed by atoms with Crippen molar-refractivity contribution in [3.05, 3.63) is 60.2 Å². The van der Waals surface area contributed by atoms with E-state index in [2.05, 4.69) is 10.6 Å². The van der Waals surface area contributed by atoms with Crippen molar-refractivity contribution in [2.45, 2.75) is 18.9 Å². The lowest BCUT2D eigenvalue weighted by Crippen LogP contribution is -2.34. The van der Waals surface area contributed by atoms with E-state index in [4.69, 9.17) is 4.74 Å². The summed E-state index contributed by atoms with van der Waals surface area (Å²) in [6.07, 6.45) is 2.05. The Hall–Kier alpha value is -2.86. The van der Waals surface area contributed by atoms with Crippen LogP contribution in [0.2, 0.25) is 0 Å². The smallest absolute Gasteiger partial charge is 0.253 e. The molecule has 0 aromatic heterocycles. The number of likely N-dealkylation sites (N-methyl/N-ethyl adjacent to an activating group) is 1. The number of anilines is 1. The Balaban J connectivity index is 1.46. The van der Waals surface area contributed by atoms with Gasteiger partial charge in [0.1, 0.15) is 12.4 Å². The van der Waals surface area contributed by atoms with Gasteiger partial charge in [-0.15, -0.1) is 0 Å². The highest BCUT2D eigenvalue weighted by atomic mass is 16.5. The van der Waals surface area contributed by atoms with Gasteiger partial charge in [-0.2, -0.15) is 0 Å². The van der Waals surface area contributed by atoms with Gasteiger partial charge in [0.05, 0.1) is 17.8 Å². The maximum atomic E-state index is 12.3. The Labute approximate surface area is 159 Å². The van der Waals surface area contributed by atoms with E-state index in [1.165, 1.54) is 0 Å². The van der Waals surface area contributed by atoms with Crippen LogP contribution in [0.5, 0.6) is 5.75 Å². The largest absolute Gasteiger partial charge is 0.492 e. The standard InChI is InChI=1S/C21H25N3O3/c1-24(13-14-27-17-7-3-2-4-8-17)15-20(25)23-19-10-6-5-9-18(19)21(26)22-16-11-12-16/h2-10,16H,11-15H2,1H3,(H,22,26)(H,23,25). The number of carbonyl (C=O) groups excluding carboxylic acids is 2. The highest BCUT2D eigenvalue weighted by molar-refractivity contribution is 6.04. The van der Waals surface area contributed by atoms with Crippen LogP contribution in [0.3, 0.4) is 0 Å². The molecule has 0 unspecified atom stereocenters. The van der Waals surface area contributed by atoms with E-state index in [0.29, 0.717) is 24.4 Å². The van der Waals surface area contributed by atoms with Crippen LogP contribution in [0.25, 0.3) is 0 Å². The first-order valence-corrected chi connectivity index (χ1v) is 9.18. The fraction of sp³-hybridized carbons (Fsp3) is 0.333. The van der Waals surface area contributed by atoms with Crippen LogP contribution in [-0.2, 0) is 4.79 Å². The minimum absolute atomic E-state index is 0.141. The van der Waals surface area contributed by atoms with Crippen molar-refractivity contribution in [3.63, 3.8) is 0 Å². The van der Waals surface area contributed by atoms with E-state index in [1.54, 1.807) is 24.3 Å². The molecule has 142 valence electrons. The monoisotopic (exact) mass is 367 g/mol. The van der Waals surface area contributed by atoms with Gasteiger partial charge in [-0.1, -0.05) is 30.3 Å². The average Bonchev–Trinajstić information content (AvgIpc) is 3.47. The van der Waals surface area contributed by atoms with Crippen LogP contribution in [0.15, 0.2) is 54.6 Å². The summed E-state index contributed by atoms with van der Waals surface area (Å²) < 4.78 is 5.64. The number of benzene rings is 2. The molecule has 1 saturated carbocycles. The van der Waals surface area contributed by atoms with Crippen LogP contribution in [0, 0.1) is 0 Å². The van der Waals surface area contributed by atoms with Crippen LogP contribution in [0.4, 0.5) is 5.69 Å². The fourth-order valence-corrected chi connectivity index (χ4v) is 2.63. The fourth-order valence-electron chi connectivity index (χ4n) is 2.63. The molecular weight excluding hydrogens is 342 g/mol. The zero-order chi connectivity index (χ0) is 19.1. The molecular formula is C21H25N3O3. The lowest BCUT2D eigenvalue weighted by molar-refractivity contribution is -0.117. The molecule has 0 atom stereocenters. The highest BCUT2D eigenvalue weighted by Gasteiger charge is 2.25. The van der Waals surface area contributed by atoms with E-state index < -0.39 is 0 Å². The second kappa shape index (κ2) is 9.19. The van der Waals surface area contributed by atoms with Crippen molar-refractivity contribution in [1.82, 2.24) is 10.2 Å². The third kappa shape index (κ3) is 6.11. The number of nitrogens with one attached hydrogen (secondary N) is 2. The maximum absolute atomic E-state index is 12.3. The summed E-state index contributed by atoms with van der Waals surface area (Å²) in [6, 6.07) is 16.9. The maximum Gasteiger partial charge on any atom is 0.253 e. The quantitative estimate of drug-likeness (QED) is 0.715. The summed E-state index contributed by atoms with van der Waals surface area (Å²) in [5.41, 5.74) is 1.03. The zero-order valence-electron chi connectivity index (χ0n) is 15.5. The van der Waals surface area contributed by atoms with Crippen LogP contribution in [0.1, 0.15) is 23.2 Å². The van der Waals surface area contributed by atoms with Gasteiger partial charge < -0.3 is 15.4 Å². The van der Waals surface area contributed by atoms with Gasteiger partial charge in [-0.05, 0) is 44.2 Å². The second-order valence-corrected chi connectivity index (χ2v) is 6.74. The van der Waals surface area contributed by atoms with Crippen molar-refractivity contribution in [2.75, 3.05) is 32.1 Å². The summed E-state index contributed by atoms with van der Waals surface area (Å²) >= 11 is 0. The minimum Gasteiger partial charge on any atom is -0.492 e. The van der Waals surface area contributed by atoms with Crippen LogP contribution < -0.4 is 15.4 Å². The normalized spacial score (nSPS) is 13.3. The highest BCUT2D eigenvalue weighted by Crippen LogP contribution is 2.21. The molecule has 3 rings (SSSR count). The molecule has 1 aliphatic carbocycles. The Bertz CT molecular complexity index is 775. The topological polar surface area (TPSA) is 70.7 Å². The minimum atomic E-state index is -0.163. The lowest BCUT2D eigenvalue weighted by atomic mass is 10.1. The van der Waals surface area contributed by atoms with Crippen molar-refractivity contribution in [1.29, 1.82) is 0 Å². The van der Waals surface area contributed by atoms with Gasteiger partial charge in [0.25, 0.3) is 5.91 Å². The van der Waals surface area contributed by atoms with Gasteiger partial charge in [0.15, 0.2) is 0 Å². The first-order chi connectivity index (χ1) is 13.1. The number of carbonyl (C=O) groups is 2. The molecule has 0 saturated heterocycles. The molecule has 0 aliphatic heterocycles. The lowest BCUT2D eigenvalue weighted by Gasteiger charge is -2.17. The molecule has 6 heteroatoms. The predicted octanol–water partition coefficient (Wildman–Crippen LogP) is 2.53. The van der Waals surface area contributed by atoms with Crippen LogP contribution >= 0.6 is 0 Å². The SMILES string of the molecule is CN(CCOc1ccccc1)CC(=O)Nc1ccccc1C(=O)NC1CC1. The molecule has 0 bridgehead atoms. The molecule has 2 aromatic carbocycles. The molecule has 2 aromatic rings. The number of rotatable bonds is 9. The van der Waals surface area contributed by atoms with Crippen LogP contribution in [-0.4, -0.2) is 49.5 Å². The number of para-hydroxylation sites is 2. The molecule has 6 nitrogen and oxygen atoms in total. The van der Waals surface area contributed by atoms with Crippen molar-refractivity contribution < 1.29 is 14.3 Å². The number of amides is 2. The van der Waals surface area contributed by atoms with Crippen molar-refractivity contribution in [2.24, 2.45) is 0 Å². The summed E-state index contributed by atoms with van der Waals surface area (Å²) in [4.78, 5) is 26.5. The number of nitrogens with zero attached hydrogens (tertiary/aromatic N) is 1. The second-order valence-electron chi connectivity index (χ2n) is 6.74. The number of ether oxygens (including phenoxy) is 1. The van der Waals surface area contributed by atoms with Gasteiger partial charge in [-0.25, -0.2) is 0 Å². The molecule has 0 radical (unpaired) electrons. The Morgan fingerprint density at radius 2 is 1.78 bits per heavy atom. The van der Waals surface area contributed by atoms with E-state index in [1.807, 2.05) is 42.3 Å². The molecule has 0 spiro atoms. The summed E-state index contributed by atoms with van der Waals surface area (Å²) in [5.74, 6) is 0.507. The van der Waals surface area contributed by atoms with E-state index >= 15 is 0 Å². The van der Waals surface area contributed by atoms with Crippen molar-refractivity contribution in [3.8, 4) is 5.75 Å². The molecule has 1 fully saturated rings. The van der Waals surface area contributed by atoms with Gasteiger partial charge in [-0.3, -0.25) is 14.5 Å². The Kier molecular flexibility index (Phi) is 6.44. The van der Waals surface area contributed by atoms with E-state index in [0.717, 1.165) is 18.6 Å². The predicted molar refractivity (Wildman–Crippen MR) is 105 cm³/mol. The number of hydrogen-bond acceptors (Lipinski definition) is 4. The summed E-state index contributed by atoms with van der Waals surface area (Å²) in [7, 11) is 1.86. The molecule has 2 N–H and O–H groups in total. The first-order valence-electron chi connectivity index (χ1n) is 9.18. The molecule has 27 heavy (non-hydrogen) atoms. The number of hydrogen-bond donors (Lipinski definition) is 2. The Morgan fingerprint density at radius 1 is 1.07 bits per heavy atom. The molecule has 1 aliphatic rings. The summed E-state index contributed by atoms with van der Waals surface area (Å²) in [6.45, 7) is 1.33. The van der Waals surface area contributed by atoms with Gasteiger partial charge in [0.2, 0.25) is 5.91 Å². The molecule has 0 heterocycles. The van der Waals surface area contributed by atoms with Gasteiger partial charge in [0, 0.05) is 12.6 Å².